The first-order valence-corrected chi connectivity index (χ1v) is 5.28. The van der Waals surface area contributed by atoms with Gasteiger partial charge in [-0.1, -0.05) is 0 Å². The number of hydrogen-bond donors (Lipinski definition) is 3. The standard InChI is InChI=1S/C11H13FN2O3/c12-8-5-7(1-2-9(8)15)14-11(16)10-6-13-3-4-17-10/h1-2,5,10,13,15H,3-4,6H2,(H,14,16). The third-order valence-electron chi connectivity index (χ3n) is 2.44. The third-order valence-corrected chi connectivity index (χ3v) is 2.44. The highest BCUT2D eigenvalue weighted by Gasteiger charge is 2.21. The highest BCUT2D eigenvalue weighted by atomic mass is 19.1. The van der Waals surface area contributed by atoms with Crippen molar-refractivity contribution in [2.75, 3.05) is 25.0 Å². The molecule has 0 spiro atoms. The lowest BCUT2D eigenvalue weighted by molar-refractivity contribution is -0.128. The van der Waals surface area contributed by atoms with Crippen LogP contribution in [0.3, 0.4) is 0 Å². The summed E-state index contributed by atoms with van der Waals surface area (Å²) in [5.74, 6) is -1.55. The minimum absolute atomic E-state index is 0.291. The van der Waals surface area contributed by atoms with Crippen LogP contribution in [-0.2, 0) is 9.53 Å². The Balaban J connectivity index is 1.99. The number of rotatable bonds is 2. The molecule has 5 nitrogen and oxygen atoms in total. The zero-order valence-electron chi connectivity index (χ0n) is 9.07. The van der Waals surface area contributed by atoms with Gasteiger partial charge >= 0.3 is 0 Å². The average molecular weight is 240 g/mol. The summed E-state index contributed by atoms with van der Waals surface area (Å²) in [5, 5.41) is 14.6. The first kappa shape index (κ1) is 11.8. The number of nitrogens with one attached hydrogen (secondary N) is 2. The van der Waals surface area contributed by atoms with E-state index < -0.39 is 17.7 Å². The molecule has 1 aliphatic rings. The van der Waals surface area contributed by atoms with Crippen molar-refractivity contribution in [3.63, 3.8) is 0 Å². The Morgan fingerprint density at radius 2 is 2.41 bits per heavy atom. The smallest absolute Gasteiger partial charge is 0.254 e. The molecule has 6 heteroatoms. The normalized spacial score (nSPS) is 19.9. The van der Waals surface area contributed by atoms with Crippen molar-refractivity contribution in [2.24, 2.45) is 0 Å². The number of benzene rings is 1. The fraction of sp³-hybridized carbons (Fsp3) is 0.364. The molecule has 1 aliphatic heterocycles. The van der Waals surface area contributed by atoms with Gasteiger partial charge in [-0.05, 0) is 12.1 Å². The summed E-state index contributed by atoms with van der Waals surface area (Å²) in [7, 11) is 0. The summed E-state index contributed by atoms with van der Waals surface area (Å²) >= 11 is 0. The predicted octanol–water partition coefficient (Wildman–Crippen LogP) is 0.458. The molecule has 17 heavy (non-hydrogen) atoms. The highest BCUT2D eigenvalue weighted by molar-refractivity contribution is 5.94. The van der Waals surface area contributed by atoms with Crippen molar-refractivity contribution in [3.05, 3.63) is 24.0 Å². The van der Waals surface area contributed by atoms with Gasteiger partial charge in [-0.2, -0.15) is 0 Å². The van der Waals surface area contributed by atoms with E-state index in [1.807, 2.05) is 0 Å². The minimum atomic E-state index is -0.773. The van der Waals surface area contributed by atoms with E-state index in [-0.39, 0.29) is 5.91 Å². The van der Waals surface area contributed by atoms with Crippen molar-refractivity contribution in [2.45, 2.75) is 6.10 Å². The summed E-state index contributed by atoms with van der Waals surface area (Å²) in [4.78, 5) is 11.7. The van der Waals surface area contributed by atoms with Gasteiger partial charge in [-0.15, -0.1) is 0 Å². The van der Waals surface area contributed by atoms with Crippen LogP contribution in [0.25, 0.3) is 0 Å². The zero-order chi connectivity index (χ0) is 12.3. The maximum absolute atomic E-state index is 13.0. The Morgan fingerprint density at radius 3 is 3.06 bits per heavy atom. The number of carbonyl (C=O) groups excluding carboxylic acids is 1. The van der Waals surface area contributed by atoms with Crippen molar-refractivity contribution >= 4 is 11.6 Å². The maximum Gasteiger partial charge on any atom is 0.254 e. The second-order valence-corrected chi connectivity index (χ2v) is 3.72. The summed E-state index contributed by atoms with van der Waals surface area (Å²) in [6.45, 7) is 1.63. The lowest BCUT2D eigenvalue weighted by Crippen LogP contribution is -2.45. The van der Waals surface area contributed by atoms with Gasteiger partial charge in [-0.25, -0.2) is 4.39 Å². The van der Waals surface area contributed by atoms with E-state index in [1.54, 1.807) is 0 Å². The topological polar surface area (TPSA) is 70.6 Å². The van der Waals surface area contributed by atoms with Gasteiger partial charge in [0.25, 0.3) is 5.91 Å². The molecule has 2 rings (SSSR count). The first-order chi connectivity index (χ1) is 8.16. The summed E-state index contributed by atoms with van der Waals surface area (Å²) < 4.78 is 18.3. The molecule has 0 aromatic heterocycles. The van der Waals surface area contributed by atoms with Crippen molar-refractivity contribution in [3.8, 4) is 5.75 Å². The van der Waals surface area contributed by atoms with Gasteiger partial charge in [0.15, 0.2) is 11.6 Å². The molecule has 1 amide bonds. The molecule has 1 heterocycles. The Hall–Kier alpha value is -1.66. The Labute approximate surface area is 97.6 Å². The average Bonchev–Trinajstić information content (AvgIpc) is 2.35. The number of hydrogen-bond acceptors (Lipinski definition) is 4. The number of halogens is 1. The maximum atomic E-state index is 13.0. The summed E-state index contributed by atoms with van der Waals surface area (Å²) in [5.41, 5.74) is 0.291. The Kier molecular flexibility index (Phi) is 3.55. The van der Waals surface area contributed by atoms with Crippen LogP contribution in [0.2, 0.25) is 0 Å². The third kappa shape index (κ3) is 2.92. The monoisotopic (exact) mass is 240 g/mol. The van der Waals surface area contributed by atoms with Gasteiger partial charge < -0.3 is 20.5 Å². The molecule has 1 aromatic rings. The Bertz CT molecular complexity index is 419. The van der Waals surface area contributed by atoms with E-state index in [0.29, 0.717) is 18.8 Å². The fourth-order valence-corrected chi connectivity index (χ4v) is 1.54. The number of morpholine rings is 1. The molecule has 1 fully saturated rings. The molecular weight excluding hydrogens is 227 g/mol. The second kappa shape index (κ2) is 5.11. The Morgan fingerprint density at radius 1 is 1.59 bits per heavy atom. The van der Waals surface area contributed by atoms with Crippen LogP contribution in [0, 0.1) is 5.82 Å². The van der Waals surface area contributed by atoms with Gasteiger partial charge in [-0.3, -0.25) is 4.79 Å². The lowest BCUT2D eigenvalue weighted by atomic mass is 10.2. The number of phenols is 1. The largest absolute Gasteiger partial charge is 0.505 e. The van der Waals surface area contributed by atoms with Crippen LogP contribution in [0.5, 0.6) is 5.75 Å². The number of aromatic hydroxyl groups is 1. The first-order valence-electron chi connectivity index (χ1n) is 5.28. The number of phenolic OH excluding ortho intramolecular Hbond substituents is 1. The van der Waals surface area contributed by atoms with Crippen LogP contribution in [0.1, 0.15) is 0 Å². The summed E-state index contributed by atoms with van der Waals surface area (Å²) in [6, 6.07) is 3.67. The van der Waals surface area contributed by atoms with Crippen LogP contribution in [0.4, 0.5) is 10.1 Å². The molecule has 3 N–H and O–H groups in total. The zero-order valence-corrected chi connectivity index (χ0v) is 9.07. The van der Waals surface area contributed by atoms with E-state index in [0.717, 1.165) is 12.6 Å². The number of amides is 1. The predicted molar refractivity (Wildman–Crippen MR) is 59.3 cm³/mol. The summed E-state index contributed by atoms with van der Waals surface area (Å²) in [6.07, 6.45) is -0.569. The molecule has 1 saturated heterocycles. The quantitative estimate of drug-likeness (QED) is 0.657. The van der Waals surface area contributed by atoms with E-state index in [1.165, 1.54) is 12.1 Å². The van der Waals surface area contributed by atoms with Gasteiger partial charge in [0, 0.05) is 24.8 Å². The SMILES string of the molecule is O=C(Nc1ccc(O)c(F)c1)C1CNCCO1. The van der Waals surface area contributed by atoms with Crippen LogP contribution >= 0.6 is 0 Å². The highest BCUT2D eigenvalue weighted by Crippen LogP contribution is 2.19. The van der Waals surface area contributed by atoms with Crippen molar-refractivity contribution in [1.82, 2.24) is 5.32 Å². The molecular formula is C11H13FN2O3. The molecule has 1 unspecified atom stereocenters. The van der Waals surface area contributed by atoms with E-state index in [2.05, 4.69) is 10.6 Å². The molecule has 0 radical (unpaired) electrons. The van der Waals surface area contributed by atoms with Gasteiger partial charge in [0.1, 0.15) is 6.10 Å². The van der Waals surface area contributed by atoms with Crippen LogP contribution in [0.15, 0.2) is 18.2 Å². The fourth-order valence-electron chi connectivity index (χ4n) is 1.54. The van der Waals surface area contributed by atoms with Crippen molar-refractivity contribution < 1.29 is 19.0 Å². The molecule has 1 atom stereocenters. The van der Waals surface area contributed by atoms with E-state index in [9.17, 15) is 9.18 Å². The number of carbonyl (C=O) groups is 1. The molecule has 92 valence electrons. The van der Waals surface area contributed by atoms with E-state index >= 15 is 0 Å². The molecule has 0 bridgehead atoms. The van der Waals surface area contributed by atoms with Gasteiger partial charge in [0.05, 0.1) is 6.61 Å². The van der Waals surface area contributed by atoms with Gasteiger partial charge in [0.2, 0.25) is 0 Å². The molecule has 0 saturated carbocycles. The molecule has 0 aliphatic carbocycles. The minimum Gasteiger partial charge on any atom is -0.505 e. The van der Waals surface area contributed by atoms with Crippen molar-refractivity contribution in [1.29, 1.82) is 0 Å². The lowest BCUT2D eigenvalue weighted by Gasteiger charge is -2.22. The molecule has 1 aromatic carbocycles. The van der Waals surface area contributed by atoms with Crippen LogP contribution < -0.4 is 10.6 Å². The second-order valence-electron chi connectivity index (χ2n) is 3.72. The number of ether oxygens (including phenoxy) is 1. The van der Waals surface area contributed by atoms with E-state index in [4.69, 9.17) is 9.84 Å². The number of anilines is 1. The van der Waals surface area contributed by atoms with Crippen LogP contribution in [-0.4, -0.2) is 36.8 Å².